The van der Waals surface area contributed by atoms with Crippen molar-refractivity contribution in [2.75, 3.05) is 12.4 Å². The molecule has 2 unspecified atom stereocenters. The Bertz CT molecular complexity index is 332. The Morgan fingerprint density at radius 3 is 2.67 bits per heavy atom. The monoisotopic (exact) mass is 231 g/mol. The van der Waals surface area contributed by atoms with Crippen molar-refractivity contribution in [3.8, 4) is 0 Å². The van der Waals surface area contributed by atoms with E-state index < -0.39 is 0 Å². The molecule has 84 valence electrons. The third-order valence-electron chi connectivity index (χ3n) is 2.39. The zero-order valence-corrected chi connectivity index (χ0v) is 9.81. The van der Waals surface area contributed by atoms with E-state index in [1.165, 1.54) is 18.2 Å². The first-order valence-corrected chi connectivity index (χ1v) is 5.16. The van der Waals surface area contributed by atoms with Crippen molar-refractivity contribution in [3.63, 3.8) is 0 Å². The van der Waals surface area contributed by atoms with Crippen molar-refractivity contribution in [3.05, 3.63) is 29.0 Å². The minimum Gasteiger partial charge on any atom is -0.380 e. The number of nitrogens with one attached hydrogen (secondary N) is 1. The summed E-state index contributed by atoms with van der Waals surface area (Å²) in [6, 6.07) is 4.30. The molecule has 4 heteroatoms. The molecule has 2 nitrogen and oxygen atoms in total. The van der Waals surface area contributed by atoms with Crippen LogP contribution in [0.2, 0.25) is 5.02 Å². The summed E-state index contributed by atoms with van der Waals surface area (Å²) in [6.07, 6.45) is 0.0318. The Labute approximate surface area is 94.4 Å². The van der Waals surface area contributed by atoms with Gasteiger partial charge in [-0.3, -0.25) is 0 Å². The van der Waals surface area contributed by atoms with Gasteiger partial charge in [0.25, 0.3) is 0 Å². The Balaban J connectivity index is 2.75. The fourth-order valence-corrected chi connectivity index (χ4v) is 1.35. The van der Waals surface area contributed by atoms with E-state index in [1.54, 1.807) is 7.11 Å². The van der Waals surface area contributed by atoms with Crippen LogP contribution in [0, 0.1) is 5.82 Å². The quantitative estimate of drug-likeness (QED) is 0.859. The molecule has 1 aromatic rings. The van der Waals surface area contributed by atoms with Gasteiger partial charge in [0.05, 0.1) is 16.8 Å². The first-order chi connectivity index (χ1) is 7.04. The van der Waals surface area contributed by atoms with E-state index in [9.17, 15) is 4.39 Å². The summed E-state index contributed by atoms with van der Waals surface area (Å²) in [5.41, 5.74) is 0.591. The minimum atomic E-state index is -0.306. The first kappa shape index (κ1) is 12.3. The van der Waals surface area contributed by atoms with Crippen molar-refractivity contribution in [1.82, 2.24) is 0 Å². The maximum atomic E-state index is 13.0. The molecular formula is C11H15ClFNO. The smallest absolute Gasteiger partial charge is 0.125 e. The van der Waals surface area contributed by atoms with Crippen LogP contribution in [0.3, 0.4) is 0 Å². The zero-order chi connectivity index (χ0) is 11.4. The molecule has 1 aromatic carbocycles. The third kappa shape index (κ3) is 3.36. The lowest BCUT2D eigenvalue weighted by Gasteiger charge is -2.21. The Morgan fingerprint density at radius 1 is 1.40 bits per heavy atom. The summed E-state index contributed by atoms with van der Waals surface area (Å²) in [5.74, 6) is -0.306. The molecule has 15 heavy (non-hydrogen) atoms. The summed E-state index contributed by atoms with van der Waals surface area (Å²) in [6.45, 7) is 3.89. The average Bonchev–Trinajstić information content (AvgIpc) is 2.22. The molecule has 0 saturated carbocycles. The molecule has 0 aliphatic carbocycles. The number of anilines is 1. The highest BCUT2D eigenvalue weighted by Crippen LogP contribution is 2.23. The van der Waals surface area contributed by atoms with Crippen LogP contribution in [0.25, 0.3) is 0 Å². The van der Waals surface area contributed by atoms with Gasteiger partial charge < -0.3 is 10.1 Å². The lowest BCUT2D eigenvalue weighted by molar-refractivity contribution is 0.106. The summed E-state index contributed by atoms with van der Waals surface area (Å²) < 4.78 is 18.1. The number of halogens is 2. The lowest BCUT2D eigenvalue weighted by atomic mass is 10.2. The van der Waals surface area contributed by atoms with Crippen LogP contribution in [0.5, 0.6) is 0 Å². The second-order valence-electron chi connectivity index (χ2n) is 3.50. The molecular weight excluding hydrogens is 217 g/mol. The van der Waals surface area contributed by atoms with Crippen molar-refractivity contribution in [2.24, 2.45) is 0 Å². The summed E-state index contributed by atoms with van der Waals surface area (Å²) in [5, 5.41) is 3.61. The van der Waals surface area contributed by atoms with Gasteiger partial charge in [-0.25, -0.2) is 4.39 Å². The van der Waals surface area contributed by atoms with Crippen molar-refractivity contribution >= 4 is 17.3 Å². The number of rotatable bonds is 4. The Morgan fingerprint density at radius 2 is 2.07 bits per heavy atom. The average molecular weight is 232 g/mol. The minimum absolute atomic E-state index is 0.0318. The fourth-order valence-electron chi connectivity index (χ4n) is 1.17. The van der Waals surface area contributed by atoms with Gasteiger partial charge in [-0.05, 0) is 32.0 Å². The molecule has 1 rings (SSSR count). The number of methoxy groups -OCH3 is 1. The van der Waals surface area contributed by atoms with Gasteiger partial charge >= 0.3 is 0 Å². The lowest BCUT2D eigenvalue weighted by Crippen LogP contribution is -2.29. The van der Waals surface area contributed by atoms with E-state index >= 15 is 0 Å². The van der Waals surface area contributed by atoms with Crippen molar-refractivity contribution in [2.45, 2.75) is 26.0 Å². The molecule has 0 aliphatic rings. The third-order valence-corrected chi connectivity index (χ3v) is 2.72. The zero-order valence-electron chi connectivity index (χ0n) is 9.05. The van der Waals surface area contributed by atoms with E-state index in [0.717, 1.165) is 0 Å². The number of hydrogen-bond acceptors (Lipinski definition) is 2. The Hall–Kier alpha value is -0.800. The normalized spacial score (nSPS) is 14.7. The van der Waals surface area contributed by atoms with Gasteiger partial charge in [0.1, 0.15) is 5.82 Å². The molecule has 0 spiro atoms. The summed E-state index contributed by atoms with van der Waals surface area (Å²) in [7, 11) is 1.63. The van der Waals surface area contributed by atoms with Crippen LogP contribution in [0.1, 0.15) is 13.8 Å². The standard InChI is InChI=1S/C11H15ClFNO/c1-7(8(2)15-3)14-11-6-9(13)4-5-10(11)12/h4-8,14H,1-3H3. The van der Waals surface area contributed by atoms with Crippen molar-refractivity contribution < 1.29 is 9.13 Å². The van der Waals surface area contributed by atoms with Crippen LogP contribution in [0.15, 0.2) is 18.2 Å². The molecule has 0 heterocycles. The van der Waals surface area contributed by atoms with Gasteiger partial charge in [0.2, 0.25) is 0 Å². The van der Waals surface area contributed by atoms with Gasteiger partial charge in [-0.15, -0.1) is 0 Å². The maximum Gasteiger partial charge on any atom is 0.125 e. The molecule has 0 aromatic heterocycles. The first-order valence-electron chi connectivity index (χ1n) is 4.79. The van der Waals surface area contributed by atoms with Crippen LogP contribution in [-0.2, 0) is 4.74 Å². The molecule has 1 N–H and O–H groups in total. The maximum absolute atomic E-state index is 13.0. The highest BCUT2D eigenvalue weighted by molar-refractivity contribution is 6.33. The van der Waals surface area contributed by atoms with Crippen LogP contribution in [-0.4, -0.2) is 19.3 Å². The van der Waals surface area contributed by atoms with E-state index in [1.807, 2.05) is 13.8 Å². The Kier molecular flexibility index (Phi) is 4.36. The fraction of sp³-hybridized carbons (Fsp3) is 0.455. The highest BCUT2D eigenvalue weighted by atomic mass is 35.5. The SMILES string of the molecule is COC(C)C(C)Nc1cc(F)ccc1Cl. The van der Waals surface area contributed by atoms with Gasteiger partial charge in [0, 0.05) is 13.2 Å². The van der Waals surface area contributed by atoms with Gasteiger partial charge in [-0.2, -0.15) is 0 Å². The van der Waals surface area contributed by atoms with E-state index in [2.05, 4.69) is 5.32 Å². The molecule has 0 fully saturated rings. The molecule has 0 saturated heterocycles. The molecule has 0 amide bonds. The molecule has 2 atom stereocenters. The molecule has 0 radical (unpaired) electrons. The number of hydrogen-bond donors (Lipinski definition) is 1. The topological polar surface area (TPSA) is 21.3 Å². The largest absolute Gasteiger partial charge is 0.380 e. The summed E-state index contributed by atoms with van der Waals surface area (Å²) in [4.78, 5) is 0. The van der Waals surface area contributed by atoms with Crippen LogP contribution >= 0.6 is 11.6 Å². The van der Waals surface area contributed by atoms with E-state index in [-0.39, 0.29) is 18.0 Å². The van der Waals surface area contributed by atoms with Gasteiger partial charge in [-0.1, -0.05) is 11.6 Å². The van der Waals surface area contributed by atoms with Gasteiger partial charge in [0.15, 0.2) is 0 Å². The van der Waals surface area contributed by atoms with Crippen LogP contribution < -0.4 is 5.32 Å². The van der Waals surface area contributed by atoms with E-state index in [4.69, 9.17) is 16.3 Å². The van der Waals surface area contributed by atoms with E-state index in [0.29, 0.717) is 10.7 Å². The van der Waals surface area contributed by atoms with Crippen molar-refractivity contribution in [1.29, 1.82) is 0 Å². The number of benzene rings is 1. The predicted octanol–water partition coefficient (Wildman–Crippen LogP) is 3.31. The molecule has 0 aliphatic heterocycles. The predicted molar refractivity (Wildman–Crippen MR) is 61.0 cm³/mol. The highest BCUT2D eigenvalue weighted by Gasteiger charge is 2.12. The van der Waals surface area contributed by atoms with Crippen LogP contribution in [0.4, 0.5) is 10.1 Å². The summed E-state index contributed by atoms with van der Waals surface area (Å²) >= 11 is 5.92. The second kappa shape index (κ2) is 5.33. The second-order valence-corrected chi connectivity index (χ2v) is 3.91. The number of ether oxygens (including phenoxy) is 1. The molecule has 0 bridgehead atoms.